The first-order chi connectivity index (χ1) is 28.0. The van der Waals surface area contributed by atoms with Gasteiger partial charge in [-0.15, -0.1) is 0 Å². The van der Waals surface area contributed by atoms with Gasteiger partial charge in [-0.2, -0.15) is 114 Å². The van der Waals surface area contributed by atoms with E-state index in [2.05, 4.69) is 20.8 Å². The van der Waals surface area contributed by atoms with E-state index >= 15 is 0 Å². The van der Waals surface area contributed by atoms with Crippen molar-refractivity contribution in [3.8, 4) is 0 Å². The Bertz CT molecular complexity index is 1780. The summed E-state index contributed by atoms with van der Waals surface area (Å²) in [7, 11) is 0. The van der Waals surface area contributed by atoms with E-state index in [-0.39, 0.29) is 5.57 Å². The second kappa shape index (κ2) is 15.2. The van der Waals surface area contributed by atoms with E-state index < -0.39 is 163 Å². The summed E-state index contributed by atoms with van der Waals surface area (Å²) >= 11 is 0. The molecule has 0 heterocycles. The number of carbonyl (C=O) groups excluding carboxylic acids is 4. The molecular formula is C30H20F26O8. The van der Waals surface area contributed by atoms with Gasteiger partial charge in [0.1, 0.15) is 5.60 Å². The zero-order valence-corrected chi connectivity index (χ0v) is 30.3. The molecule has 34 heteroatoms. The Kier molecular flexibility index (Phi) is 12.8. The van der Waals surface area contributed by atoms with Gasteiger partial charge in [0, 0.05) is 17.4 Å². The van der Waals surface area contributed by atoms with Crippen LogP contribution < -0.4 is 0 Å². The molecule has 2 atom stereocenters. The lowest BCUT2D eigenvalue weighted by atomic mass is 9.51. The quantitative estimate of drug-likeness (QED) is 0.0496. The Morgan fingerprint density at radius 1 is 0.484 bits per heavy atom. The highest BCUT2D eigenvalue weighted by Gasteiger charge is 2.94. The van der Waals surface area contributed by atoms with Crippen molar-refractivity contribution >= 4 is 23.9 Å². The van der Waals surface area contributed by atoms with Crippen molar-refractivity contribution in [2.24, 2.45) is 17.8 Å². The van der Waals surface area contributed by atoms with Crippen LogP contribution in [0.1, 0.15) is 39.0 Å². The highest BCUT2D eigenvalue weighted by atomic mass is 19.4. The lowest BCUT2D eigenvalue weighted by molar-refractivity contribution is -0.440. The smallest absolute Gasteiger partial charge is 0.457 e. The van der Waals surface area contributed by atoms with E-state index in [1.165, 1.54) is 0 Å². The normalized spacial score (nSPS) is 24.0. The molecule has 64 heavy (non-hydrogen) atoms. The van der Waals surface area contributed by atoms with Crippen molar-refractivity contribution in [3.63, 3.8) is 0 Å². The number of halogens is 26. The summed E-state index contributed by atoms with van der Waals surface area (Å²) < 4.78 is 376. The van der Waals surface area contributed by atoms with E-state index in [0.29, 0.717) is 0 Å². The van der Waals surface area contributed by atoms with Crippen molar-refractivity contribution in [2.45, 2.75) is 122 Å². The summed E-state index contributed by atoms with van der Waals surface area (Å²) in [5, 5.41) is 0. The van der Waals surface area contributed by atoms with E-state index in [0.717, 1.165) is 6.92 Å². The molecular weight excluding hydrogens is 982 g/mol. The summed E-state index contributed by atoms with van der Waals surface area (Å²) in [5.41, 5.74) is -2.74. The van der Waals surface area contributed by atoms with Crippen LogP contribution >= 0.6 is 0 Å². The van der Waals surface area contributed by atoms with Gasteiger partial charge >= 0.3 is 95.5 Å². The minimum atomic E-state index is -8.81. The number of hydrogen-bond donors (Lipinski definition) is 0. The van der Waals surface area contributed by atoms with Gasteiger partial charge in [-0.05, 0) is 44.9 Å². The second-order valence-corrected chi connectivity index (χ2v) is 14.6. The predicted octanol–water partition coefficient (Wildman–Crippen LogP) is 9.49. The third-order valence-electron chi connectivity index (χ3n) is 10.2. The molecule has 4 aliphatic rings. The Balaban J connectivity index is 2.22. The number of carbonyl (C=O) groups is 4. The van der Waals surface area contributed by atoms with E-state index in [4.69, 9.17) is 4.74 Å². The maximum Gasteiger partial charge on any atom is 0.460 e. The zero-order chi connectivity index (χ0) is 50.7. The highest BCUT2D eigenvalue weighted by Crippen LogP contribution is 2.66. The summed E-state index contributed by atoms with van der Waals surface area (Å²) in [5.74, 6) is -109. The molecule has 4 saturated carbocycles. The first-order valence-corrected chi connectivity index (χ1v) is 16.4. The maximum atomic E-state index is 15.0. The van der Waals surface area contributed by atoms with Gasteiger partial charge in [-0.3, -0.25) is 0 Å². The van der Waals surface area contributed by atoms with Crippen LogP contribution in [0.25, 0.3) is 0 Å². The van der Waals surface area contributed by atoms with Crippen LogP contribution in [0.15, 0.2) is 12.2 Å². The minimum Gasteiger partial charge on any atom is -0.457 e. The first kappa shape index (κ1) is 54.1. The molecule has 370 valence electrons. The van der Waals surface area contributed by atoms with Crippen molar-refractivity contribution in [1.29, 1.82) is 0 Å². The molecule has 0 amide bonds. The summed E-state index contributed by atoms with van der Waals surface area (Å²) in [4.78, 5) is 49.3. The zero-order valence-electron chi connectivity index (χ0n) is 30.3. The van der Waals surface area contributed by atoms with Gasteiger partial charge in [-0.1, -0.05) is 6.58 Å². The Morgan fingerprint density at radius 2 is 0.797 bits per heavy atom. The number of alkyl halides is 26. The largest absolute Gasteiger partial charge is 0.460 e. The van der Waals surface area contributed by atoms with Crippen LogP contribution in [0.2, 0.25) is 0 Å². The highest BCUT2D eigenvalue weighted by molar-refractivity contribution is 5.88. The standard InChI is InChI=1S/C30H20F26O8/c1-9(2)14(58)61-8-13(57)62-17-5-10-3-11(6-17)18(12(4-10)7-17,63-15(59)19(31,32)21(35,36)23(39,40)25(43,44)27(47,48)29(51,52)53)64-16(60)20(33,34)22(37,38)24(41,42)26(45,46)28(49,50)30(54,55)56/h10-12H,1,3-8H2,2H3. The van der Waals surface area contributed by atoms with Crippen LogP contribution in [-0.2, 0) is 38.1 Å². The van der Waals surface area contributed by atoms with Gasteiger partial charge in [0.05, 0.1) is 0 Å². The fraction of sp³-hybridized carbons (Fsp3) is 0.800. The first-order valence-electron chi connectivity index (χ1n) is 16.4. The van der Waals surface area contributed by atoms with Crippen LogP contribution in [0.5, 0.6) is 0 Å². The molecule has 0 aromatic rings. The monoisotopic (exact) mass is 1000 g/mol. The Hall–Kier alpha value is -4.20. The van der Waals surface area contributed by atoms with Crippen LogP contribution in [-0.4, -0.2) is 113 Å². The molecule has 2 unspecified atom stereocenters. The van der Waals surface area contributed by atoms with Crippen molar-refractivity contribution < 1.29 is 152 Å². The predicted molar refractivity (Wildman–Crippen MR) is 145 cm³/mol. The number of esters is 4. The van der Waals surface area contributed by atoms with E-state index in [9.17, 15) is 133 Å². The van der Waals surface area contributed by atoms with Gasteiger partial charge in [0.25, 0.3) is 5.79 Å². The fourth-order valence-electron chi connectivity index (χ4n) is 7.07. The van der Waals surface area contributed by atoms with Crippen LogP contribution in [0.3, 0.4) is 0 Å². The molecule has 0 aromatic heterocycles. The Labute approximate surface area is 335 Å². The summed E-state index contributed by atoms with van der Waals surface area (Å²) in [6, 6.07) is 0. The molecule has 4 bridgehead atoms. The fourth-order valence-corrected chi connectivity index (χ4v) is 7.07. The van der Waals surface area contributed by atoms with Crippen molar-refractivity contribution in [2.75, 3.05) is 6.61 Å². The molecule has 0 aliphatic heterocycles. The number of rotatable bonds is 16. The van der Waals surface area contributed by atoms with Crippen molar-refractivity contribution in [3.05, 3.63) is 12.2 Å². The van der Waals surface area contributed by atoms with Crippen LogP contribution in [0.4, 0.5) is 114 Å². The maximum absolute atomic E-state index is 15.0. The minimum absolute atomic E-state index is 0.383. The molecule has 4 rings (SSSR count). The molecule has 0 saturated heterocycles. The van der Waals surface area contributed by atoms with Crippen molar-refractivity contribution in [1.82, 2.24) is 0 Å². The molecule has 0 radical (unpaired) electrons. The molecule has 4 fully saturated rings. The average molecular weight is 1000 g/mol. The average Bonchev–Trinajstić information content (AvgIpc) is 3.10. The summed E-state index contributed by atoms with van der Waals surface area (Å²) in [6.07, 6.45) is -22.0. The van der Waals surface area contributed by atoms with Gasteiger partial charge < -0.3 is 18.9 Å². The SMILES string of the molecule is C=C(C)C(=O)OCC(=O)OC12CC3CC(C1)C(OC(=O)C(F)(F)C(F)(F)C(F)(F)C(F)(F)C(F)(F)C(F)(F)F)(OC(=O)C(F)(F)C(F)(F)C(F)(F)C(F)(F)C(F)(F)C(F)(F)F)C(C3)C2. The Morgan fingerprint density at radius 3 is 1.09 bits per heavy atom. The van der Waals surface area contributed by atoms with Gasteiger partial charge in [-0.25, -0.2) is 19.2 Å². The lowest BCUT2D eigenvalue weighted by Crippen LogP contribution is -2.73. The molecule has 0 N–H and O–H groups in total. The number of ether oxygens (including phenoxy) is 4. The van der Waals surface area contributed by atoms with Gasteiger partial charge in [0.2, 0.25) is 0 Å². The molecule has 8 nitrogen and oxygen atoms in total. The van der Waals surface area contributed by atoms with E-state index in [1.54, 1.807) is 0 Å². The molecule has 0 aromatic carbocycles. The lowest BCUT2D eigenvalue weighted by Gasteiger charge is -2.62. The number of hydrogen-bond acceptors (Lipinski definition) is 8. The molecule has 0 spiro atoms. The second-order valence-electron chi connectivity index (χ2n) is 14.6. The topological polar surface area (TPSA) is 105 Å². The molecule has 4 aliphatic carbocycles. The van der Waals surface area contributed by atoms with E-state index in [1.807, 2.05) is 0 Å². The third-order valence-corrected chi connectivity index (χ3v) is 10.2. The summed E-state index contributed by atoms with van der Waals surface area (Å²) in [6.45, 7) is 2.73. The van der Waals surface area contributed by atoms with Gasteiger partial charge in [0.15, 0.2) is 6.61 Å². The third kappa shape index (κ3) is 7.58. The van der Waals surface area contributed by atoms with Crippen LogP contribution in [0, 0.1) is 17.8 Å².